The zero-order valence-corrected chi connectivity index (χ0v) is 10.6. The van der Waals surface area contributed by atoms with Gasteiger partial charge in [0.25, 0.3) is 0 Å². The van der Waals surface area contributed by atoms with Crippen LogP contribution in [0.2, 0.25) is 0 Å². The molecule has 2 aromatic rings. The fraction of sp³-hybridized carbons (Fsp3) is 0.500. The summed E-state index contributed by atoms with van der Waals surface area (Å²) in [7, 11) is 0. The van der Waals surface area contributed by atoms with Gasteiger partial charge in [-0.3, -0.25) is 0 Å². The molecule has 1 N–H and O–H groups in total. The summed E-state index contributed by atoms with van der Waals surface area (Å²) in [6.45, 7) is 3.19. The first kappa shape index (κ1) is 10.9. The van der Waals surface area contributed by atoms with Crippen LogP contribution in [0, 0.1) is 0 Å². The third kappa shape index (κ3) is 1.79. The summed E-state index contributed by atoms with van der Waals surface area (Å²) >= 11 is 1.63. The van der Waals surface area contributed by atoms with Crippen molar-refractivity contribution in [2.45, 2.75) is 31.7 Å². The van der Waals surface area contributed by atoms with Crippen LogP contribution in [-0.2, 0) is 5.54 Å². The van der Waals surface area contributed by atoms with Gasteiger partial charge in [-0.05, 0) is 37.3 Å². The zero-order chi connectivity index (χ0) is 11.7. The van der Waals surface area contributed by atoms with Crippen LogP contribution in [0.1, 0.15) is 32.1 Å². The minimum Gasteiger partial charge on any atom is -0.337 e. The lowest BCUT2D eigenvalue weighted by Crippen LogP contribution is -2.36. The molecule has 0 amide bonds. The molecule has 0 spiro atoms. The summed E-state index contributed by atoms with van der Waals surface area (Å²) in [5.41, 5.74) is -0.0947. The van der Waals surface area contributed by atoms with Crippen molar-refractivity contribution in [3.63, 3.8) is 0 Å². The van der Waals surface area contributed by atoms with Crippen molar-refractivity contribution in [2.75, 3.05) is 6.54 Å². The Labute approximate surface area is 104 Å². The number of rotatable bonds is 3. The highest BCUT2D eigenvalue weighted by Gasteiger charge is 2.38. The molecular weight excluding hydrogens is 234 g/mol. The fourth-order valence-electron chi connectivity index (χ4n) is 2.37. The lowest BCUT2D eigenvalue weighted by Gasteiger charge is -2.22. The Kier molecular flexibility index (Phi) is 2.72. The maximum absolute atomic E-state index is 5.45. The predicted octanol–water partition coefficient (Wildman–Crippen LogP) is 2.79. The van der Waals surface area contributed by atoms with E-state index in [0.29, 0.717) is 5.82 Å². The molecule has 1 aliphatic heterocycles. The molecule has 90 valence electrons. The van der Waals surface area contributed by atoms with Crippen LogP contribution in [0.25, 0.3) is 10.7 Å². The van der Waals surface area contributed by atoms with Crippen molar-refractivity contribution in [1.82, 2.24) is 15.5 Å². The van der Waals surface area contributed by atoms with Gasteiger partial charge >= 0.3 is 0 Å². The monoisotopic (exact) mass is 249 g/mol. The average Bonchev–Trinajstić information content (AvgIpc) is 3.10. The molecule has 0 saturated carbocycles. The topological polar surface area (TPSA) is 51.0 Å². The van der Waals surface area contributed by atoms with Crippen LogP contribution in [-0.4, -0.2) is 16.7 Å². The van der Waals surface area contributed by atoms with Crippen molar-refractivity contribution in [3.8, 4) is 10.7 Å². The van der Waals surface area contributed by atoms with E-state index in [1.807, 2.05) is 17.5 Å². The molecule has 5 heteroatoms. The quantitative estimate of drug-likeness (QED) is 0.908. The number of nitrogens with zero attached hydrogens (tertiary/aromatic N) is 2. The van der Waals surface area contributed by atoms with Gasteiger partial charge in [0.15, 0.2) is 0 Å². The van der Waals surface area contributed by atoms with Gasteiger partial charge in [-0.2, -0.15) is 4.98 Å². The minimum absolute atomic E-state index is 0.0947. The third-order valence-electron chi connectivity index (χ3n) is 3.42. The first-order chi connectivity index (χ1) is 8.34. The van der Waals surface area contributed by atoms with Crippen LogP contribution in [0.4, 0.5) is 0 Å². The van der Waals surface area contributed by atoms with Crippen molar-refractivity contribution in [1.29, 1.82) is 0 Å². The SMILES string of the molecule is CCC1(c2nc(-c3cccs3)no2)CCCN1. The van der Waals surface area contributed by atoms with Crippen LogP contribution in [0.5, 0.6) is 0 Å². The molecule has 2 aromatic heterocycles. The molecule has 1 fully saturated rings. The van der Waals surface area contributed by atoms with E-state index in [-0.39, 0.29) is 5.54 Å². The first-order valence-corrected chi connectivity index (χ1v) is 6.85. The number of thiophene rings is 1. The van der Waals surface area contributed by atoms with Gasteiger partial charge in [0.05, 0.1) is 10.4 Å². The third-order valence-corrected chi connectivity index (χ3v) is 4.29. The average molecular weight is 249 g/mol. The maximum Gasteiger partial charge on any atom is 0.247 e. The second-order valence-electron chi connectivity index (χ2n) is 4.37. The van der Waals surface area contributed by atoms with Crippen LogP contribution in [0.3, 0.4) is 0 Å². The summed E-state index contributed by atoms with van der Waals surface area (Å²) in [4.78, 5) is 5.61. The molecule has 1 saturated heterocycles. The van der Waals surface area contributed by atoms with Crippen molar-refractivity contribution in [3.05, 3.63) is 23.4 Å². The highest BCUT2D eigenvalue weighted by atomic mass is 32.1. The summed E-state index contributed by atoms with van der Waals surface area (Å²) in [5.74, 6) is 1.44. The molecule has 3 rings (SSSR count). The molecule has 1 unspecified atom stereocenters. The van der Waals surface area contributed by atoms with E-state index >= 15 is 0 Å². The van der Waals surface area contributed by atoms with E-state index in [2.05, 4.69) is 22.4 Å². The minimum atomic E-state index is -0.0947. The summed E-state index contributed by atoms with van der Waals surface area (Å²) in [6, 6.07) is 4.01. The number of aromatic nitrogens is 2. The Morgan fingerprint density at radius 1 is 1.59 bits per heavy atom. The highest BCUT2D eigenvalue weighted by molar-refractivity contribution is 7.13. The second kappa shape index (κ2) is 4.23. The summed E-state index contributed by atoms with van der Waals surface area (Å²) in [5, 5.41) is 9.60. The van der Waals surface area contributed by atoms with Crippen molar-refractivity contribution in [2.24, 2.45) is 0 Å². The largest absolute Gasteiger partial charge is 0.337 e. The normalized spacial score (nSPS) is 24.3. The lowest BCUT2D eigenvalue weighted by atomic mass is 9.94. The molecular formula is C12H15N3OS. The molecule has 3 heterocycles. The molecule has 0 aromatic carbocycles. The van der Waals surface area contributed by atoms with Crippen molar-refractivity contribution < 1.29 is 4.52 Å². The van der Waals surface area contributed by atoms with E-state index in [4.69, 9.17) is 4.52 Å². The van der Waals surface area contributed by atoms with E-state index < -0.39 is 0 Å². The zero-order valence-electron chi connectivity index (χ0n) is 9.77. The number of hydrogen-bond donors (Lipinski definition) is 1. The van der Waals surface area contributed by atoms with Gasteiger partial charge in [0, 0.05) is 0 Å². The Balaban J connectivity index is 1.94. The Morgan fingerprint density at radius 3 is 3.18 bits per heavy atom. The van der Waals surface area contributed by atoms with Gasteiger partial charge in [-0.15, -0.1) is 11.3 Å². The second-order valence-corrected chi connectivity index (χ2v) is 5.31. The van der Waals surface area contributed by atoms with Gasteiger partial charge in [0.2, 0.25) is 11.7 Å². The van der Waals surface area contributed by atoms with Crippen LogP contribution >= 0.6 is 11.3 Å². The molecule has 0 radical (unpaired) electrons. The number of hydrogen-bond acceptors (Lipinski definition) is 5. The van der Waals surface area contributed by atoms with Gasteiger partial charge in [0.1, 0.15) is 0 Å². The molecule has 4 nitrogen and oxygen atoms in total. The molecule has 0 bridgehead atoms. The molecule has 17 heavy (non-hydrogen) atoms. The van der Waals surface area contributed by atoms with Gasteiger partial charge in [-0.25, -0.2) is 0 Å². The molecule has 1 atom stereocenters. The van der Waals surface area contributed by atoms with Gasteiger partial charge < -0.3 is 9.84 Å². The van der Waals surface area contributed by atoms with E-state index in [0.717, 1.165) is 30.2 Å². The van der Waals surface area contributed by atoms with Crippen LogP contribution < -0.4 is 5.32 Å². The smallest absolute Gasteiger partial charge is 0.247 e. The lowest BCUT2D eigenvalue weighted by molar-refractivity contribution is 0.250. The van der Waals surface area contributed by atoms with Crippen molar-refractivity contribution >= 4 is 11.3 Å². The maximum atomic E-state index is 5.45. The molecule has 1 aliphatic rings. The van der Waals surface area contributed by atoms with E-state index in [1.165, 1.54) is 6.42 Å². The Bertz CT molecular complexity index is 486. The fourth-order valence-corrected chi connectivity index (χ4v) is 3.01. The number of nitrogens with one attached hydrogen (secondary N) is 1. The summed E-state index contributed by atoms with van der Waals surface area (Å²) in [6.07, 6.45) is 3.24. The van der Waals surface area contributed by atoms with Gasteiger partial charge in [-0.1, -0.05) is 18.1 Å². The standard InChI is InChI=1S/C12H15N3OS/c1-2-12(6-4-7-13-12)11-14-10(15-16-11)9-5-3-8-17-9/h3,5,8,13H,2,4,6-7H2,1H3. The van der Waals surface area contributed by atoms with Crippen LogP contribution in [0.15, 0.2) is 22.0 Å². The van der Waals surface area contributed by atoms with E-state index in [9.17, 15) is 0 Å². The first-order valence-electron chi connectivity index (χ1n) is 5.97. The summed E-state index contributed by atoms with van der Waals surface area (Å²) < 4.78 is 5.45. The van der Waals surface area contributed by atoms with E-state index in [1.54, 1.807) is 11.3 Å². The Hall–Kier alpha value is -1.20. The Morgan fingerprint density at radius 2 is 2.53 bits per heavy atom. The predicted molar refractivity (Wildman–Crippen MR) is 66.8 cm³/mol. The molecule has 0 aliphatic carbocycles. The highest BCUT2D eigenvalue weighted by Crippen LogP contribution is 2.34.